The van der Waals surface area contributed by atoms with Crippen molar-refractivity contribution in [1.29, 1.82) is 0 Å². The number of ether oxygens (including phenoxy) is 1. The molecule has 0 radical (unpaired) electrons. The Labute approximate surface area is 117 Å². The predicted molar refractivity (Wildman–Crippen MR) is 77.3 cm³/mol. The quantitative estimate of drug-likeness (QED) is 0.792. The van der Waals surface area contributed by atoms with Gasteiger partial charge in [0.15, 0.2) is 0 Å². The van der Waals surface area contributed by atoms with Crippen LogP contribution < -0.4 is 5.32 Å². The maximum atomic E-state index is 9.73. The lowest BCUT2D eigenvalue weighted by atomic mass is 9.95. The van der Waals surface area contributed by atoms with Gasteiger partial charge in [0.25, 0.3) is 0 Å². The van der Waals surface area contributed by atoms with Gasteiger partial charge in [0.1, 0.15) is 0 Å². The zero-order valence-corrected chi connectivity index (χ0v) is 13.1. The molecule has 4 heteroatoms. The van der Waals surface area contributed by atoms with E-state index in [1.165, 1.54) is 12.8 Å². The van der Waals surface area contributed by atoms with Crippen molar-refractivity contribution in [2.24, 2.45) is 0 Å². The van der Waals surface area contributed by atoms with Crippen molar-refractivity contribution in [3.05, 3.63) is 0 Å². The van der Waals surface area contributed by atoms with Gasteiger partial charge >= 0.3 is 0 Å². The summed E-state index contributed by atoms with van der Waals surface area (Å²) in [6, 6.07) is 0.610. The van der Waals surface area contributed by atoms with Crippen LogP contribution in [0.2, 0.25) is 0 Å². The summed E-state index contributed by atoms with van der Waals surface area (Å²) in [6.45, 7) is 13.6. The number of nitrogens with zero attached hydrogens (tertiary/aromatic N) is 1. The van der Waals surface area contributed by atoms with Crippen molar-refractivity contribution >= 4 is 0 Å². The molecule has 0 spiro atoms. The smallest absolute Gasteiger partial charge is 0.0760 e. The summed E-state index contributed by atoms with van der Waals surface area (Å²) in [6.07, 6.45) is 2.49. The van der Waals surface area contributed by atoms with E-state index in [-0.39, 0.29) is 23.3 Å². The van der Waals surface area contributed by atoms with Gasteiger partial charge in [-0.05, 0) is 47.5 Å². The molecule has 1 heterocycles. The third-order valence-corrected chi connectivity index (χ3v) is 3.81. The predicted octanol–water partition coefficient (Wildman–Crippen LogP) is 1.38. The zero-order chi connectivity index (χ0) is 14.3. The summed E-state index contributed by atoms with van der Waals surface area (Å²) < 4.78 is 6.11. The standard InChI is InChI=1S/C15H30N2O2/c1-13(2)8-17(9-14(3,4)19-13)10-15(5,11-18)16-12-6-7-12/h12,16,18H,6-11H2,1-5H3. The van der Waals surface area contributed by atoms with E-state index >= 15 is 0 Å². The van der Waals surface area contributed by atoms with Gasteiger partial charge in [0.2, 0.25) is 0 Å². The molecule has 0 aromatic rings. The molecule has 1 saturated heterocycles. The summed E-state index contributed by atoms with van der Waals surface area (Å²) in [7, 11) is 0. The molecule has 2 fully saturated rings. The normalized spacial score (nSPS) is 30.0. The van der Waals surface area contributed by atoms with E-state index in [9.17, 15) is 5.11 Å². The number of aliphatic hydroxyl groups excluding tert-OH is 1. The first-order valence-electron chi connectivity index (χ1n) is 7.44. The van der Waals surface area contributed by atoms with Crippen LogP contribution in [0.15, 0.2) is 0 Å². The average molecular weight is 270 g/mol. The van der Waals surface area contributed by atoms with E-state index < -0.39 is 0 Å². The minimum atomic E-state index is -0.204. The fourth-order valence-corrected chi connectivity index (χ4v) is 3.41. The van der Waals surface area contributed by atoms with Gasteiger partial charge in [0.05, 0.1) is 23.3 Å². The van der Waals surface area contributed by atoms with Crippen molar-refractivity contribution in [1.82, 2.24) is 10.2 Å². The molecular formula is C15H30N2O2. The molecule has 2 N–H and O–H groups in total. The van der Waals surface area contributed by atoms with Crippen LogP contribution in [0.5, 0.6) is 0 Å². The third-order valence-electron chi connectivity index (χ3n) is 3.81. The molecule has 0 bridgehead atoms. The van der Waals surface area contributed by atoms with Crippen LogP contribution in [0.25, 0.3) is 0 Å². The highest BCUT2D eigenvalue weighted by molar-refractivity contribution is 4.97. The Hall–Kier alpha value is -0.160. The highest BCUT2D eigenvalue weighted by Gasteiger charge is 2.41. The maximum Gasteiger partial charge on any atom is 0.0760 e. The second-order valence-electron chi connectivity index (χ2n) is 7.90. The summed E-state index contributed by atoms with van der Waals surface area (Å²) in [5, 5.41) is 13.3. The Morgan fingerprint density at radius 2 is 1.74 bits per heavy atom. The number of hydrogen-bond donors (Lipinski definition) is 2. The molecule has 1 atom stereocenters. The molecule has 1 unspecified atom stereocenters. The van der Waals surface area contributed by atoms with E-state index in [2.05, 4.69) is 44.8 Å². The fourth-order valence-electron chi connectivity index (χ4n) is 3.41. The molecule has 2 aliphatic rings. The molecule has 19 heavy (non-hydrogen) atoms. The molecule has 4 nitrogen and oxygen atoms in total. The second kappa shape index (κ2) is 4.99. The topological polar surface area (TPSA) is 44.7 Å². The Kier molecular flexibility index (Phi) is 4.00. The van der Waals surface area contributed by atoms with E-state index in [1.54, 1.807) is 0 Å². The van der Waals surface area contributed by atoms with Gasteiger partial charge < -0.3 is 15.2 Å². The first kappa shape index (κ1) is 15.2. The third kappa shape index (κ3) is 4.42. The summed E-state index contributed by atoms with van der Waals surface area (Å²) in [4.78, 5) is 2.43. The first-order valence-corrected chi connectivity index (χ1v) is 7.44. The number of morpholine rings is 1. The van der Waals surface area contributed by atoms with Crippen molar-refractivity contribution in [2.75, 3.05) is 26.2 Å². The van der Waals surface area contributed by atoms with Crippen LogP contribution in [-0.4, -0.2) is 59.0 Å². The molecule has 112 valence electrons. The van der Waals surface area contributed by atoms with Crippen LogP contribution in [0.1, 0.15) is 47.5 Å². The van der Waals surface area contributed by atoms with E-state index in [0.29, 0.717) is 6.04 Å². The molecule has 1 aliphatic heterocycles. The number of rotatable bonds is 5. The van der Waals surface area contributed by atoms with E-state index in [4.69, 9.17) is 4.74 Å². The number of aliphatic hydroxyl groups is 1. The number of hydrogen-bond acceptors (Lipinski definition) is 4. The summed E-state index contributed by atoms with van der Waals surface area (Å²) in [5.74, 6) is 0. The van der Waals surface area contributed by atoms with Crippen molar-refractivity contribution < 1.29 is 9.84 Å². The van der Waals surface area contributed by atoms with Gasteiger partial charge in [-0.2, -0.15) is 0 Å². The number of nitrogens with one attached hydrogen (secondary N) is 1. The Morgan fingerprint density at radius 3 is 2.16 bits per heavy atom. The molecular weight excluding hydrogens is 240 g/mol. The van der Waals surface area contributed by atoms with Gasteiger partial charge in [-0.15, -0.1) is 0 Å². The Balaban J connectivity index is 1.99. The molecule has 1 saturated carbocycles. The van der Waals surface area contributed by atoms with Crippen molar-refractivity contribution in [3.63, 3.8) is 0 Å². The Bertz CT molecular complexity index is 310. The van der Waals surface area contributed by atoms with Crippen molar-refractivity contribution in [2.45, 2.75) is 70.2 Å². The van der Waals surface area contributed by atoms with E-state index in [1.807, 2.05) is 0 Å². The van der Waals surface area contributed by atoms with Gasteiger partial charge in [-0.25, -0.2) is 0 Å². The molecule has 1 aliphatic carbocycles. The zero-order valence-electron chi connectivity index (χ0n) is 13.1. The summed E-state index contributed by atoms with van der Waals surface area (Å²) >= 11 is 0. The van der Waals surface area contributed by atoms with Gasteiger partial charge in [0, 0.05) is 25.7 Å². The SMILES string of the molecule is CC(CO)(CN1CC(C)(C)OC(C)(C)C1)NC1CC1. The van der Waals surface area contributed by atoms with Crippen LogP contribution >= 0.6 is 0 Å². The average Bonchev–Trinajstić information content (AvgIpc) is 2.96. The maximum absolute atomic E-state index is 9.73. The minimum Gasteiger partial charge on any atom is -0.394 e. The van der Waals surface area contributed by atoms with Gasteiger partial charge in [-0.1, -0.05) is 0 Å². The molecule has 0 aromatic heterocycles. The Morgan fingerprint density at radius 1 is 1.21 bits per heavy atom. The van der Waals surface area contributed by atoms with Crippen molar-refractivity contribution in [3.8, 4) is 0 Å². The molecule has 0 aromatic carbocycles. The largest absolute Gasteiger partial charge is 0.394 e. The lowest BCUT2D eigenvalue weighted by molar-refractivity contribution is -0.183. The first-order chi connectivity index (χ1) is 8.63. The lowest BCUT2D eigenvalue weighted by Gasteiger charge is -2.49. The monoisotopic (exact) mass is 270 g/mol. The fraction of sp³-hybridized carbons (Fsp3) is 1.00. The second-order valence-corrected chi connectivity index (χ2v) is 7.90. The summed E-state index contributed by atoms with van der Waals surface area (Å²) in [5.41, 5.74) is -0.458. The lowest BCUT2D eigenvalue weighted by Crippen LogP contribution is -2.63. The van der Waals surface area contributed by atoms with Gasteiger partial charge in [-0.3, -0.25) is 4.90 Å². The molecule has 2 rings (SSSR count). The van der Waals surface area contributed by atoms with E-state index in [0.717, 1.165) is 19.6 Å². The molecule has 0 amide bonds. The van der Waals surface area contributed by atoms with Crippen LogP contribution in [-0.2, 0) is 4.74 Å². The van der Waals surface area contributed by atoms with Crippen LogP contribution in [0.3, 0.4) is 0 Å². The van der Waals surface area contributed by atoms with Crippen LogP contribution in [0, 0.1) is 0 Å². The van der Waals surface area contributed by atoms with Crippen LogP contribution in [0.4, 0.5) is 0 Å². The minimum absolute atomic E-state index is 0.127. The highest BCUT2D eigenvalue weighted by Crippen LogP contribution is 2.29. The highest BCUT2D eigenvalue weighted by atomic mass is 16.5.